The average molecular weight is 384 g/mol. The Labute approximate surface area is 160 Å². The number of rotatable bonds is 4. The highest BCUT2D eigenvalue weighted by atomic mass is 32.1. The zero-order valence-corrected chi connectivity index (χ0v) is 15.5. The van der Waals surface area contributed by atoms with Crippen LogP contribution in [0.2, 0.25) is 0 Å². The molecule has 7 nitrogen and oxygen atoms in total. The Balaban J connectivity index is 1.35. The molecule has 1 atom stereocenters. The molecule has 0 saturated carbocycles. The highest BCUT2D eigenvalue weighted by Gasteiger charge is 2.28. The predicted octanol–water partition coefficient (Wildman–Crippen LogP) is 2.49. The van der Waals surface area contributed by atoms with Crippen LogP contribution >= 0.6 is 11.3 Å². The minimum atomic E-state index is -0.750. The van der Waals surface area contributed by atoms with E-state index in [2.05, 4.69) is 20.9 Å². The van der Waals surface area contributed by atoms with E-state index in [9.17, 15) is 14.4 Å². The molecule has 0 fully saturated rings. The molecular formula is C19H20N4O3S. The number of aryl methyl sites for hydroxylation is 2. The summed E-state index contributed by atoms with van der Waals surface area (Å²) in [7, 11) is 0. The number of carbonyl (C=O) groups excluding carboxylic acids is 3. The predicted molar refractivity (Wildman–Crippen MR) is 103 cm³/mol. The number of fused-ring (bicyclic) bond motifs is 2. The van der Waals surface area contributed by atoms with Crippen molar-refractivity contribution in [3.63, 3.8) is 0 Å². The van der Waals surface area contributed by atoms with Crippen molar-refractivity contribution < 1.29 is 14.4 Å². The van der Waals surface area contributed by atoms with E-state index in [1.165, 1.54) is 22.6 Å². The quantitative estimate of drug-likeness (QED) is 0.754. The third-order valence-electron chi connectivity index (χ3n) is 4.80. The standard InChI is InChI=1S/C19H20N4O3S/c24-16(23-19-22-13-7-3-4-8-15(13)27-19)10-9-14-18(26)20-12-6-2-1-5-11(12)17(25)21-14/h1-2,5-6,14H,3-4,7-10H2,(H,20,26)(H,21,25)(H,22,23,24)/t14-/m1/s1. The molecule has 140 valence electrons. The van der Waals surface area contributed by atoms with Gasteiger partial charge in [-0.2, -0.15) is 0 Å². The number of anilines is 2. The second-order valence-corrected chi connectivity index (χ2v) is 7.83. The molecule has 0 bridgehead atoms. The van der Waals surface area contributed by atoms with E-state index in [0.717, 1.165) is 25.0 Å². The van der Waals surface area contributed by atoms with Crippen molar-refractivity contribution in [2.75, 3.05) is 10.6 Å². The van der Waals surface area contributed by atoms with Crippen LogP contribution in [0.4, 0.5) is 10.8 Å². The maximum absolute atomic E-state index is 12.4. The van der Waals surface area contributed by atoms with Crippen LogP contribution in [0.3, 0.4) is 0 Å². The normalized spacial score (nSPS) is 18.6. The van der Waals surface area contributed by atoms with E-state index in [1.807, 2.05) is 0 Å². The third-order valence-corrected chi connectivity index (χ3v) is 5.88. The largest absolute Gasteiger partial charge is 0.340 e. The maximum atomic E-state index is 12.4. The van der Waals surface area contributed by atoms with Crippen molar-refractivity contribution in [3.8, 4) is 0 Å². The number of hydrogen-bond donors (Lipinski definition) is 3. The molecular weight excluding hydrogens is 364 g/mol. The van der Waals surface area contributed by atoms with Gasteiger partial charge < -0.3 is 16.0 Å². The number of thiazole rings is 1. The van der Waals surface area contributed by atoms with Gasteiger partial charge in [0, 0.05) is 11.3 Å². The van der Waals surface area contributed by atoms with E-state index >= 15 is 0 Å². The topological polar surface area (TPSA) is 100 Å². The van der Waals surface area contributed by atoms with Crippen molar-refractivity contribution in [2.45, 2.75) is 44.6 Å². The van der Waals surface area contributed by atoms with Gasteiger partial charge in [0.2, 0.25) is 11.8 Å². The van der Waals surface area contributed by atoms with Crippen molar-refractivity contribution in [3.05, 3.63) is 40.4 Å². The molecule has 1 aliphatic heterocycles. The highest BCUT2D eigenvalue weighted by molar-refractivity contribution is 7.15. The zero-order valence-electron chi connectivity index (χ0n) is 14.7. The van der Waals surface area contributed by atoms with Crippen LogP contribution in [0.1, 0.15) is 46.6 Å². The van der Waals surface area contributed by atoms with Crippen LogP contribution in [-0.4, -0.2) is 28.7 Å². The average Bonchev–Trinajstić information content (AvgIpc) is 3.02. The number of benzene rings is 1. The molecule has 1 aromatic carbocycles. The molecule has 4 rings (SSSR count). The summed E-state index contributed by atoms with van der Waals surface area (Å²) < 4.78 is 0. The summed E-state index contributed by atoms with van der Waals surface area (Å²) in [4.78, 5) is 42.7. The first kappa shape index (κ1) is 17.7. The summed E-state index contributed by atoms with van der Waals surface area (Å²) in [6.45, 7) is 0. The number of amides is 3. The van der Waals surface area contributed by atoms with Gasteiger partial charge >= 0.3 is 0 Å². The zero-order chi connectivity index (χ0) is 18.8. The Morgan fingerprint density at radius 3 is 2.89 bits per heavy atom. The molecule has 3 N–H and O–H groups in total. The molecule has 1 aliphatic carbocycles. The summed E-state index contributed by atoms with van der Waals surface area (Å²) in [6, 6.07) is 6.09. The lowest BCUT2D eigenvalue weighted by atomic mass is 10.0. The van der Waals surface area contributed by atoms with Gasteiger partial charge in [0.25, 0.3) is 5.91 Å². The molecule has 0 saturated heterocycles. The molecule has 8 heteroatoms. The number of nitrogens with zero attached hydrogens (tertiary/aromatic N) is 1. The van der Waals surface area contributed by atoms with E-state index in [1.54, 1.807) is 24.3 Å². The SMILES string of the molecule is O=C(CC[C@H]1NC(=O)c2ccccc2NC1=O)Nc1nc2c(s1)CCCC2. The van der Waals surface area contributed by atoms with Gasteiger partial charge in [0.15, 0.2) is 5.13 Å². The minimum Gasteiger partial charge on any atom is -0.340 e. The van der Waals surface area contributed by atoms with Crippen molar-refractivity contribution in [1.29, 1.82) is 0 Å². The lowest BCUT2D eigenvalue weighted by molar-refractivity contribution is -0.118. The van der Waals surface area contributed by atoms with Crippen molar-refractivity contribution in [1.82, 2.24) is 10.3 Å². The first-order valence-corrected chi connectivity index (χ1v) is 9.91. The summed E-state index contributed by atoms with van der Waals surface area (Å²) in [6.07, 6.45) is 4.65. The highest BCUT2D eigenvalue weighted by Crippen LogP contribution is 2.29. The number of aromatic nitrogens is 1. The Hall–Kier alpha value is -2.74. The monoisotopic (exact) mass is 384 g/mol. The smallest absolute Gasteiger partial charge is 0.254 e. The second kappa shape index (κ2) is 7.48. The molecule has 3 amide bonds. The lowest BCUT2D eigenvalue weighted by Crippen LogP contribution is -2.41. The first-order valence-electron chi connectivity index (χ1n) is 9.09. The number of carbonyl (C=O) groups is 3. The van der Waals surface area contributed by atoms with Crippen LogP contribution in [0, 0.1) is 0 Å². The molecule has 1 aromatic heterocycles. The summed E-state index contributed by atoms with van der Waals surface area (Å²) in [5.74, 6) is -0.835. The Kier molecular flexibility index (Phi) is 4.89. The molecule has 2 aliphatic rings. The summed E-state index contributed by atoms with van der Waals surface area (Å²) >= 11 is 1.53. The molecule has 0 spiro atoms. The van der Waals surface area contributed by atoms with Crippen molar-refractivity contribution >= 4 is 39.9 Å². The molecule has 2 heterocycles. The van der Waals surface area contributed by atoms with Gasteiger partial charge in [0.05, 0.1) is 16.9 Å². The van der Waals surface area contributed by atoms with Crippen LogP contribution < -0.4 is 16.0 Å². The van der Waals surface area contributed by atoms with Crippen LogP contribution in [0.5, 0.6) is 0 Å². The summed E-state index contributed by atoms with van der Waals surface area (Å²) in [5, 5.41) is 8.89. The Morgan fingerprint density at radius 2 is 2.04 bits per heavy atom. The second-order valence-electron chi connectivity index (χ2n) is 6.74. The van der Waals surface area contributed by atoms with Gasteiger partial charge in [-0.05, 0) is 44.2 Å². The molecule has 0 unspecified atom stereocenters. The fraction of sp³-hybridized carbons (Fsp3) is 0.368. The third kappa shape index (κ3) is 3.85. The van der Waals surface area contributed by atoms with Gasteiger partial charge in [-0.1, -0.05) is 12.1 Å². The number of hydrogen-bond acceptors (Lipinski definition) is 5. The van der Waals surface area contributed by atoms with Crippen LogP contribution in [0.25, 0.3) is 0 Å². The van der Waals surface area contributed by atoms with Crippen LogP contribution in [-0.2, 0) is 22.4 Å². The van der Waals surface area contributed by atoms with Gasteiger partial charge in [0.1, 0.15) is 6.04 Å². The fourth-order valence-electron chi connectivity index (χ4n) is 3.38. The van der Waals surface area contributed by atoms with Crippen LogP contribution in [0.15, 0.2) is 24.3 Å². The van der Waals surface area contributed by atoms with E-state index in [0.29, 0.717) is 16.4 Å². The summed E-state index contributed by atoms with van der Waals surface area (Å²) in [5.41, 5.74) is 2.00. The fourth-order valence-corrected chi connectivity index (χ4v) is 4.44. The van der Waals surface area contributed by atoms with Gasteiger partial charge in [-0.3, -0.25) is 14.4 Å². The maximum Gasteiger partial charge on any atom is 0.254 e. The van der Waals surface area contributed by atoms with Gasteiger partial charge in [-0.25, -0.2) is 4.98 Å². The molecule has 2 aromatic rings. The lowest BCUT2D eigenvalue weighted by Gasteiger charge is -2.13. The minimum absolute atomic E-state index is 0.124. The first-order chi connectivity index (χ1) is 13.1. The van der Waals surface area contributed by atoms with E-state index in [-0.39, 0.29) is 30.6 Å². The number of nitrogens with one attached hydrogen (secondary N) is 3. The molecule has 27 heavy (non-hydrogen) atoms. The van der Waals surface area contributed by atoms with Gasteiger partial charge in [-0.15, -0.1) is 11.3 Å². The number of para-hydroxylation sites is 1. The van der Waals surface area contributed by atoms with Crippen molar-refractivity contribution in [2.24, 2.45) is 0 Å². The van der Waals surface area contributed by atoms with E-state index < -0.39 is 6.04 Å². The molecule has 0 radical (unpaired) electrons. The Bertz CT molecular complexity index is 885. The Morgan fingerprint density at radius 1 is 1.22 bits per heavy atom. The van der Waals surface area contributed by atoms with E-state index in [4.69, 9.17) is 0 Å².